The molecule has 0 atom stereocenters. The number of ether oxygens (including phenoxy) is 1. The Bertz CT molecular complexity index is 1010. The highest BCUT2D eigenvalue weighted by molar-refractivity contribution is 6.30. The van der Waals surface area contributed by atoms with Crippen molar-refractivity contribution in [1.82, 2.24) is 10.3 Å². The normalized spacial score (nSPS) is 10.2. The number of rotatable bonds is 5. The van der Waals surface area contributed by atoms with Crippen molar-refractivity contribution in [2.24, 2.45) is 0 Å². The Balaban J connectivity index is 1.63. The van der Waals surface area contributed by atoms with E-state index < -0.39 is 0 Å². The zero-order chi connectivity index (χ0) is 20.8. The average molecular weight is 411 g/mol. The van der Waals surface area contributed by atoms with Crippen LogP contribution in [0.4, 0.5) is 16.2 Å². The van der Waals surface area contributed by atoms with Gasteiger partial charge in [-0.2, -0.15) is 0 Å². The summed E-state index contributed by atoms with van der Waals surface area (Å²) in [5.41, 5.74) is 1.60. The fraction of sp³-hybridized carbons (Fsp3) is 0.0952. The van der Waals surface area contributed by atoms with Gasteiger partial charge in [-0.05, 0) is 54.6 Å². The van der Waals surface area contributed by atoms with Crippen molar-refractivity contribution >= 4 is 34.9 Å². The van der Waals surface area contributed by atoms with Gasteiger partial charge in [0.15, 0.2) is 0 Å². The fourth-order valence-electron chi connectivity index (χ4n) is 2.46. The van der Waals surface area contributed by atoms with Crippen LogP contribution in [0.25, 0.3) is 0 Å². The van der Waals surface area contributed by atoms with Crippen molar-refractivity contribution in [3.05, 3.63) is 77.6 Å². The standard InChI is InChI=1S/C21H19ClN4O3/c1-23-20(27)19-13-18(11-12-24-19)29-17-9-5-15(6-10-17)25-21(28)26(2)16-7-3-14(22)4-8-16/h3-13H,1-2H3,(H,23,27)(H,25,28). The van der Waals surface area contributed by atoms with E-state index in [1.165, 1.54) is 18.1 Å². The molecule has 148 valence electrons. The maximum absolute atomic E-state index is 12.4. The monoisotopic (exact) mass is 410 g/mol. The number of anilines is 2. The molecular formula is C21H19ClN4O3. The second-order valence-corrected chi connectivity index (χ2v) is 6.48. The van der Waals surface area contributed by atoms with Crippen LogP contribution in [0.3, 0.4) is 0 Å². The summed E-state index contributed by atoms with van der Waals surface area (Å²) in [5.74, 6) is 0.749. The number of aromatic nitrogens is 1. The van der Waals surface area contributed by atoms with Crippen LogP contribution >= 0.6 is 11.6 Å². The third-order valence-electron chi connectivity index (χ3n) is 4.05. The molecule has 0 radical (unpaired) electrons. The van der Waals surface area contributed by atoms with Crippen LogP contribution in [0.1, 0.15) is 10.5 Å². The number of benzene rings is 2. The lowest BCUT2D eigenvalue weighted by Crippen LogP contribution is -2.31. The zero-order valence-electron chi connectivity index (χ0n) is 15.8. The number of nitrogens with one attached hydrogen (secondary N) is 2. The highest BCUT2D eigenvalue weighted by Crippen LogP contribution is 2.24. The molecule has 0 saturated heterocycles. The minimum Gasteiger partial charge on any atom is -0.457 e. The third kappa shape index (κ3) is 5.24. The predicted molar refractivity (Wildman–Crippen MR) is 113 cm³/mol. The lowest BCUT2D eigenvalue weighted by atomic mass is 10.3. The van der Waals surface area contributed by atoms with Crippen molar-refractivity contribution in [2.45, 2.75) is 0 Å². The highest BCUT2D eigenvalue weighted by atomic mass is 35.5. The van der Waals surface area contributed by atoms with Crippen LogP contribution in [0.2, 0.25) is 5.02 Å². The number of hydrogen-bond acceptors (Lipinski definition) is 4. The summed E-state index contributed by atoms with van der Waals surface area (Å²) < 4.78 is 5.75. The minimum absolute atomic E-state index is 0.263. The average Bonchev–Trinajstić information content (AvgIpc) is 2.74. The van der Waals surface area contributed by atoms with Crippen LogP contribution in [0.5, 0.6) is 11.5 Å². The number of hydrogen-bond donors (Lipinski definition) is 2. The topological polar surface area (TPSA) is 83.6 Å². The molecule has 1 aromatic heterocycles. The molecule has 0 bridgehead atoms. The van der Waals surface area contributed by atoms with Crippen LogP contribution in [0, 0.1) is 0 Å². The van der Waals surface area contributed by atoms with Crippen molar-refractivity contribution in [1.29, 1.82) is 0 Å². The molecule has 0 aliphatic carbocycles. The molecule has 0 aliphatic heterocycles. The molecule has 3 amide bonds. The molecule has 7 nitrogen and oxygen atoms in total. The Hall–Kier alpha value is -3.58. The van der Waals surface area contributed by atoms with E-state index in [1.807, 2.05) is 0 Å². The second kappa shape index (κ2) is 9.07. The summed E-state index contributed by atoms with van der Waals surface area (Å²) in [6.07, 6.45) is 1.50. The summed E-state index contributed by atoms with van der Waals surface area (Å²) in [4.78, 5) is 29.5. The zero-order valence-corrected chi connectivity index (χ0v) is 16.6. The first-order valence-corrected chi connectivity index (χ1v) is 9.10. The van der Waals surface area contributed by atoms with Gasteiger partial charge in [0.25, 0.3) is 5.91 Å². The van der Waals surface area contributed by atoms with E-state index in [0.717, 1.165) is 5.69 Å². The van der Waals surface area contributed by atoms with E-state index in [1.54, 1.807) is 67.7 Å². The van der Waals surface area contributed by atoms with Crippen LogP contribution in [-0.4, -0.2) is 31.0 Å². The van der Waals surface area contributed by atoms with Gasteiger partial charge in [-0.1, -0.05) is 11.6 Å². The molecule has 0 saturated carbocycles. The number of amides is 3. The van der Waals surface area contributed by atoms with E-state index >= 15 is 0 Å². The molecule has 8 heteroatoms. The highest BCUT2D eigenvalue weighted by Gasteiger charge is 2.11. The van der Waals surface area contributed by atoms with Gasteiger partial charge in [0.1, 0.15) is 17.2 Å². The first-order chi connectivity index (χ1) is 14.0. The summed E-state index contributed by atoms with van der Waals surface area (Å²) >= 11 is 5.88. The van der Waals surface area contributed by atoms with Gasteiger partial charge in [-0.15, -0.1) is 0 Å². The van der Waals surface area contributed by atoms with Gasteiger partial charge in [-0.25, -0.2) is 4.79 Å². The van der Waals surface area contributed by atoms with Crippen molar-refractivity contribution in [3.63, 3.8) is 0 Å². The number of carbonyl (C=O) groups is 2. The Kier molecular flexibility index (Phi) is 6.31. The summed E-state index contributed by atoms with van der Waals surface area (Å²) in [7, 11) is 3.21. The number of pyridine rings is 1. The first-order valence-electron chi connectivity index (χ1n) is 8.72. The fourth-order valence-corrected chi connectivity index (χ4v) is 2.58. The largest absolute Gasteiger partial charge is 0.457 e. The van der Waals surface area contributed by atoms with Crippen LogP contribution < -0.4 is 20.3 Å². The summed E-state index contributed by atoms with van der Waals surface area (Å²) in [6.45, 7) is 0. The maximum Gasteiger partial charge on any atom is 0.326 e. The molecule has 0 fully saturated rings. The van der Waals surface area contributed by atoms with Crippen molar-refractivity contribution in [2.75, 3.05) is 24.3 Å². The summed E-state index contributed by atoms with van der Waals surface area (Å²) in [5, 5.41) is 5.93. The molecule has 0 spiro atoms. The minimum atomic E-state index is -0.293. The van der Waals surface area contributed by atoms with E-state index in [4.69, 9.17) is 16.3 Å². The maximum atomic E-state index is 12.4. The van der Waals surface area contributed by atoms with Gasteiger partial charge in [-0.3, -0.25) is 14.7 Å². The van der Waals surface area contributed by atoms with E-state index in [0.29, 0.717) is 22.2 Å². The number of carbonyl (C=O) groups excluding carboxylic acids is 2. The predicted octanol–water partition coefficient (Wildman–Crippen LogP) is 4.56. The van der Waals surface area contributed by atoms with Gasteiger partial charge in [0, 0.05) is 42.8 Å². The molecule has 3 rings (SSSR count). The lowest BCUT2D eigenvalue weighted by Gasteiger charge is -2.18. The molecule has 1 heterocycles. The molecule has 2 N–H and O–H groups in total. The molecule has 0 aliphatic rings. The van der Waals surface area contributed by atoms with E-state index in [-0.39, 0.29) is 17.6 Å². The third-order valence-corrected chi connectivity index (χ3v) is 4.30. The van der Waals surface area contributed by atoms with Crippen LogP contribution in [-0.2, 0) is 0 Å². The van der Waals surface area contributed by atoms with Crippen molar-refractivity contribution < 1.29 is 14.3 Å². The first kappa shape index (κ1) is 20.2. The number of halogens is 1. The van der Waals surface area contributed by atoms with E-state index in [2.05, 4.69) is 15.6 Å². The number of urea groups is 1. The second-order valence-electron chi connectivity index (χ2n) is 6.05. The molecule has 0 unspecified atom stereocenters. The quantitative estimate of drug-likeness (QED) is 0.646. The Morgan fingerprint density at radius 3 is 2.34 bits per heavy atom. The Morgan fingerprint density at radius 2 is 1.69 bits per heavy atom. The Labute approximate surface area is 173 Å². The number of nitrogens with zero attached hydrogens (tertiary/aromatic N) is 2. The van der Waals surface area contributed by atoms with Gasteiger partial charge < -0.3 is 15.4 Å². The van der Waals surface area contributed by atoms with Gasteiger partial charge in [0.2, 0.25) is 0 Å². The van der Waals surface area contributed by atoms with E-state index in [9.17, 15) is 9.59 Å². The molecular weight excluding hydrogens is 392 g/mol. The molecule has 2 aromatic carbocycles. The van der Waals surface area contributed by atoms with Crippen LogP contribution in [0.15, 0.2) is 66.9 Å². The van der Waals surface area contributed by atoms with Gasteiger partial charge >= 0.3 is 6.03 Å². The van der Waals surface area contributed by atoms with Gasteiger partial charge in [0.05, 0.1) is 0 Å². The van der Waals surface area contributed by atoms with Crippen molar-refractivity contribution in [3.8, 4) is 11.5 Å². The Morgan fingerprint density at radius 1 is 1.00 bits per heavy atom. The smallest absolute Gasteiger partial charge is 0.326 e. The lowest BCUT2D eigenvalue weighted by molar-refractivity contribution is 0.0958. The molecule has 29 heavy (non-hydrogen) atoms. The molecule has 3 aromatic rings. The SMILES string of the molecule is CNC(=O)c1cc(Oc2ccc(NC(=O)N(C)c3ccc(Cl)cc3)cc2)ccn1. The summed E-state index contributed by atoms with van der Waals surface area (Å²) in [6, 6.07) is 16.8.